The van der Waals surface area contributed by atoms with Crippen LogP contribution in [0.25, 0.3) is 0 Å². The van der Waals surface area contributed by atoms with Crippen LogP contribution in [0.15, 0.2) is 78.9 Å². The molecule has 154 valence electrons. The maximum atomic E-state index is 13.8. The number of carbonyl (C=O) groups is 2. The first kappa shape index (κ1) is 20.9. The molecule has 0 heterocycles. The van der Waals surface area contributed by atoms with Crippen molar-refractivity contribution in [2.24, 2.45) is 5.73 Å². The second kappa shape index (κ2) is 10.1. The lowest BCUT2D eigenvalue weighted by Gasteiger charge is -2.20. The Bertz CT molecular complexity index is 1010. The largest absolute Gasteiger partial charge is 0.488 e. The fourth-order valence-corrected chi connectivity index (χ4v) is 2.77. The first-order valence-corrected chi connectivity index (χ1v) is 9.27. The lowest BCUT2D eigenvalue weighted by Crippen LogP contribution is -2.35. The molecule has 6 nitrogen and oxygen atoms in total. The van der Waals surface area contributed by atoms with E-state index in [1.54, 1.807) is 30.3 Å². The van der Waals surface area contributed by atoms with E-state index in [1.165, 1.54) is 18.2 Å². The topological polar surface area (TPSA) is 90.7 Å². The van der Waals surface area contributed by atoms with Crippen molar-refractivity contribution >= 4 is 11.8 Å². The lowest BCUT2D eigenvalue weighted by molar-refractivity contribution is -0.124. The Morgan fingerprint density at radius 1 is 0.933 bits per heavy atom. The van der Waals surface area contributed by atoms with Gasteiger partial charge in [0.2, 0.25) is 5.91 Å². The number of primary amides is 1. The van der Waals surface area contributed by atoms with E-state index in [9.17, 15) is 14.0 Å². The monoisotopic (exact) mass is 408 g/mol. The third-order valence-corrected chi connectivity index (χ3v) is 4.27. The van der Waals surface area contributed by atoms with Gasteiger partial charge in [0.1, 0.15) is 12.4 Å². The Kier molecular flexibility index (Phi) is 7.00. The summed E-state index contributed by atoms with van der Waals surface area (Å²) < 4.78 is 24.9. The molecule has 0 aromatic heterocycles. The summed E-state index contributed by atoms with van der Waals surface area (Å²) in [6.07, 6.45) is 0. The van der Waals surface area contributed by atoms with Gasteiger partial charge in [-0.3, -0.25) is 9.59 Å². The van der Waals surface area contributed by atoms with E-state index in [1.807, 2.05) is 30.3 Å². The highest BCUT2D eigenvalue weighted by Gasteiger charge is 2.17. The molecule has 0 aliphatic carbocycles. The van der Waals surface area contributed by atoms with Crippen LogP contribution in [0.1, 0.15) is 22.0 Å². The molecule has 0 saturated carbocycles. The van der Waals surface area contributed by atoms with Crippen LogP contribution < -0.4 is 20.5 Å². The minimum absolute atomic E-state index is 0.0356. The van der Waals surface area contributed by atoms with E-state index in [2.05, 4.69) is 5.32 Å². The average Bonchev–Trinajstić information content (AvgIpc) is 2.77. The Labute approximate surface area is 173 Å². The van der Waals surface area contributed by atoms with Gasteiger partial charge in [0, 0.05) is 5.56 Å². The van der Waals surface area contributed by atoms with Crippen molar-refractivity contribution in [3.8, 4) is 11.5 Å². The number of nitrogens with two attached hydrogens (primary N) is 1. The van der Waals surface area contributed by atoms with Crippen molar-refractivity contribution in [2.75, 3.05) is 13.2 Å². The first-order valence-electron chi connectivity index (χ1n) is 9.27. The summed E-state index contributed by atoms with van der Waals surface area (Å²) in [4.78, 5) is 23.7. The SMILES string of the molecule is NC(=O)c1cccc(OCC(=O)NC(COc2ccccc2F)c2ccccc2)c1. The third kappa shape index (κ3) is 5.81. The Balaban J connectivity index is 1.64. The summed E-state index contributed by atoms with van der Waals surface area (Å²) in [7, 11) is 0. The molecule has 0 bridgehead atoms. The first-order chi connectivity index (χ1) is 14.5. The van der Waals surface area contributed by atoms with Gasteiger partial charge in [0.15, 0.2) is 18.2 Å². The van der Waals surface area contributed by atoms with Gasteiger partial charge < -0.3 is 20.5 Å². The smallest absolute Gasteiger partial charge is 0.258 e. The number of ether oxygens (including phenoxy) is 2. The maximum absolute atomic E-state index is 13.8. The second-order valence-electron chi connectivity index (χ2n) is 6.45. The van der Waals surface area contributed by atoms with E-state index in [0.29, 0.717) is 5.75 Å². The number of para-hydroxylation sites is 1. The molecular formula is C23H21FN2O4. The molecule has 3 N–H and O–H groups in total. The zero-order valence-electron chi connectivity index (χ0n) is 16.1. The zero-order valence-corrected chi connectivity index (χ0v) is 16.1. The van der Waals surface area contributed by atoms with Crippen LogP contribution in [0.2, 0.25) is 0 Å². The number of amides is 2. The molecule has 2 amide bonds. The predicted molar refractivity (Wildman–Crippen MR) is 110 cm³/mol. The molecule has 3 rings (SSSR count). The van der Waals surface area contributed by atoms with Crippen molar-refractivity contribution in [1.29, 1.82) is 0 Å². The van der Waals surface area contributed by atoms with Crippen molar-refractivity contribution in [1.82, 2.24) is 5.32 Å². The van der Waals surface area contributed by atoms with Crippen LogP contribution in [0.5, 0.6) is 11.5 Å². The maximum Gasteiger partial charge on any atom is 0.258 e. The molecule has 0 fully saturated rings. The van der Waals surface area contributed by atoms with Crippen molar-refractivity contribution in [2.45, 2.75) is 6.04 Å². The normalized spacial score (nSPS) is 11.4. The summed E-state index contributed by atoms with van der Waals surface area (Å²) >= 11 is 0. The van der Waals surface area contributed by atoms with E-state index in [0.717, 1.165) is 5.56 Å². The number of nitrogens with one attached hydrogen (secondary N) is 1. The van der Waals surface area contributed by atoms with Crippen LogP contribution in [-0.4, -0.2) is 25.0 Å². The molecule has 1 unspecified atom stereocenters. The highest BCUT2D eigenvalue weighted by atomic mass is 19.1. The van der Waals surface area contributed by atoms with Gasteiger partial charge in [0.25, 0.3) is 5.91 Å². The van der Waals surface area contributed by atoms with Gasteiger partial charge in [0.05, 0.1) is 6.04 Å². The molecule has 3 aromatic rings. The lowest BCUT2D eigenvalue weighted by atomic mass is 10.1. The molecule has 30 heavy (non-hydrogen) atoms. The molecule has 0 radical (unpaired) electrons. The van der Waals surface area contributed by atoms with Crippen LogP contribution in [0.4, 0.5) is 4.39 Å². The number of hydrogen-bond acceptors (Lipinski definition) is 4. The van der Waals surface area contributed by atoms with Gasteiger partial charge in [-0.25, -0.2) is 4.39 Å². The quantitative estimate of drug-likeness (QED) is 0.569. The Hall–Kier alpha value is -3.87. The Morgan fingerprint density at radius 2 is 1.67 bits per heavy atom. The molecule has 7 heteroatoms. The third-order valence-electron chi connectivity index (χ3n) is 4.27. The van der Waals surface area contributed by atoms with E-state index >= 15 is 0 Å². The summed E-state index contributed by atoms with van der Waals surface area (Å²) in [5.74, 6) is -1.01. The second-order valence-corrected chi connectivity index (χ2v) is 6.45. The van der Waals surface area contributed by atoms with Gasteiger partial charge in [-0.05, 0) is 35.9 Å². The predicted octanol–water partition coefficient (Wildman–Crippen LogP) is 3.24. The summed E-state index contributed by atoms with van der Waals surface area (Å²) in [5.41, 5.74) is 6.34. The van der Waals surface area contributed by atoms with Gasteiger partial charge in [-0.1, -0.05) is 48.5 Å². The van der Waals surface area contributed by atoms with Crippen molar-refractivity contribution < 1.29 is 23.5 Å². The van der Waals surface area contributed by atoms with Crippen LogP contribution in [0, 0.1) is 5.82 Å². The molecule has 0 spiro atoms. The standard InChI is InChI=1S/C23H21FN2O4/c24-19-11-4-5-12-21(19)30-14-20(16-7-2-1-3-8-16)26-22(27)15-29-18-10-6-9-17(13-18)23(25)28/h1-13,20H,14-15H2,(H2,25,28)(H,26,27). The van der Waals surface area contributed by atoms with Gasteiger partial charge >= 0.3 is 0 Å². The summed E-state index contributed by atoms with van der Waals surface area (Å²) in [6.45, 7) is -0.237. The fraction of sp³-hybridized carbons (Fsp3) is 0.130. The fourth-order valence-electron chi connectivity index (χ4n) is 2.77. The molecule has 0 aliphatic heterocycles. The van der Waals surface area contributed by atoms with Crippen molar-refractivity contribution in [3.63, 3.8) is 0 Å². The van der Waals surface area contributed by atoms with Crippen LogP contribution in [-0.2, 0) is 4.79 Å². The highest BCUT2D eigenvalue weighted by molar-refractivity contribution is 5.93. The highest BCUT2D eigenvalue weighted by Crippen LogP contribution is 2.19. The van der Waals surface area contributed by atoms with Gasteiger partial charge in [-0.2, -0.15) is 0 Å². The molecule has 3 aromatic carbocycles. The molecule has 0 saturated heterocycles. The average molecular weight is 408 g/mol. The number of benzene rings is 3. The van der Waals surface area contributed by atoms with E-state index in [-0.39, 0.29) is 24.5 Å². The van der Waals surface area contributed by atoms with Crippen LogP contribution >= 0.6 is 0 Å². The summed E-state index contributed by atoms with van der Waals surface area (Å²) in [5, 5.41) is 2.83. The molecular weight excluding hydrogens is 387 g/mol. The van der Waals surface area contributed by atoms with Crippen LogP contribution in [0.3, 0.4) is 0 Å². The van der Waals surface area contributed by atoms with E-state index in [4.69, 9.17) is 15.2 Å². The number of rotatable bonds is 9. The van der Waals surface area contributed by atoms with Gasteiger partial charge in [-0.15, -0.1) is 0 Å². The molecule has 1 atom stereocenters. The number of halogens is 1. The van der Waals surface area contributed by atoms with Crippen molar-refractivity contribution in [3.05, 3.63) is 95.8 Å². The minimum atomic E-state index is -0.584. The zero-order chi connectivity index (χ0) is 21.3. The van der Waals surface area contributed by atoms with E-state index < -0.39 is 23.7 Å². The Morgan fingerprint density at radius 3 is 2.40 bits per heavy atom. The summed E-state index contributed by atoms with van der Waals surface area (Å²) in [6, 6.07) is 21.0. The number of hydrogen-bond donors (Lipinski definition) is 2. The molecule has 0 aliphatic rings. The minimum Gasteiger partial charge on any atom is -0.488 e. The number of carbonyl (C=O) groups excluding carboxylic acids is 2.